The summed E-state index contributed by atoms with van der Waals surface area (Å²) in [5, 5.41) is 0. The molecular formula is C9H7IN2O. The van der Waals surface area contributed by atoms with Gasteiger partial charge in [-0.2, -0.15) is 0 Å². The molecule has 0 aliphatic carbocycles. The molecule has 0 fully saturated rings. The molecule has 1 aromatic heterocycles. The number of carbonyl (C=O) groups is 1. The zero-order valence-corrected chi connectivity index (χ0v) is 9.15. The topological polar surface area (TPSA) is 34.9 Å². The molecule has 0 bridgehead atoms. The molecule has 4 heteroatoms. The molecule has 1 heterocycles. The van der Waals surface area contributed by atoms with E-state index in [1.807, 2.05) is 29.8 Å². The first kappa shape index (κ1) is 8.68. The minimum Gasteiger partial charge on any atom is -0.334 e. The van der Waals surface area contributed by atoms with Gasteiger partial charge in [-0.1, -0.05) is 0 Å². The Morgan fingerprint density at radius 1 is 1.54 bits per heavy atom. The first-order chi connectivity index (χ1) is 6.18. The van der Waals surface area contributed by atoms with E-state index in [1.165, 1.54) is 0 Å². The zero-order chi connectivity index (χ0) is 9.42. The van der Waals surface area contributed by atoms with Crippen LogP contribution in [0.5, 0.6) is 0 Å². The molecule has 2 rings (SSSR count). The second-order valence-electron chi connectivity index (χ2n) is 2.83. The number of nitrogens with zero attached hydrogens (tertiary/aromatic N) is 2. The van der Waals surface area contributed by atoms with Crippen LogP contribution in [0.1, 0.15) is 10.4 Å². The van der Waals surface area contributed by atoms with Gasteiger partial charge in [0.2, 0.25) is 3.79 Å². The van der Waals surface area contributed by atoms with Gasteiger partial charge >= 0.3 is 0 Å². The van der Waals surface area contributed by atoms with Gasteiger partial charge in [-0.05, 0) is 18.2 Å². The minimum atomic E-state index is 0.0464. The van der Waals surface area contributed by atoms with Crippen LogP contribution in [-0.2, 0) is 7.05 Å². The fraction of sp³-hybridized carbons (Fsp3) is 0.111. The molecule has 0 saturated heterocycles. The van der Waals surface area contributed by atoms with Crippen molar-refractivity contribution in [3.63, 3.8) is 0 Å². The Labute approximate surface area is 88.9 Å². The Morgan fingerprint density at radius 2 is 2.31 bits per heavy atom. The van der Waals surface area contributed by atoms with Crippen LogP contribution in [0, 0.1) is 0 Å². The van der Waals surface area contributed by atoms with Crippen LogP contribution in [0.3, 0.4) is 0 Å². The van der Waals surface area contributed by atoms with Crippen molar-refractivity contribution < 1.29 is 4.79 Å². The van der Waals surface area contributed by atoms with Crippen LogP contribution in [-0.4, -0.2) is 13.3 Å². The van der Waals surface area contributed by atoms with E-state index in [9.17, 15) is 4.79 Å². The highest BCUT2D eigenvalue weighted by molar-refractivity contribution is 14.1. The molecule has 66 valence electrons. The number of aryl methyl sites for hydroxylation is 1. The van der Waals surface area contributed by atoms with Crippen LogP contribution in [0.2, 0.25) is 0 Å². The normalized spacial score (nSPS) is 10.6. The molecular weight excluding hydrogens is 279 g/mol. The molecule has 0 amide bonds. The third kappa shape index (κ3) is 1.46. The molecule has 3 nitrogen and oxygen atoms in total. The average Bonchev–Trinajstić information content (AvgIpc) is 2.47. The highest BCUT2D eigenvalue weighted by Gasteiger charge is 2.04. The molecule has 1 aromatic carbocycles. The summed E-state index contributed by atoms with van der Waals surface area (Å²) in [4.78, 5) is 15.2. The number of hydrogen-bond acceptors (Lipinski definition) is 2. The van der Waals surface area contributed by atoms with Crippen molar-refractivity contribution in [3.8, 4) is 0 Å². The maximum atomic E-state index is 11.0. The Kier molecular flexibility index (Phi) is 2.07. The number of imidazole rings is 1. The predicted molar refractivity (Wildman–Crippen MR) is 59.1 cm³/mol. The summed E-state index contributed by atoms with van der Waals surface area (Å²) in [6.45, 7) is 0. The minimum absolute atomic E-state index is 0.0464. The second kappa shape index (κ2) is 3.10. The highest BCUT2D eigenvalue weighted by atomic mass is 127. The quantitative estimate of drug-likeness (QED) is 0.594. The summed E-state index contributed by atoms with van der Waals surface area (Å²) in [5.74, 6) is 0. The van der Waals surface area contributed by atoms with E-state index >= 15 is 0 Å². The van der Waals surface area contributed by atoms with Crippen LogP contribution >= 0.6 is 22.6 Å². The van der Waals surface area contributed by atoms with Crippen LogP contribution in [0.4, 0.5) is 0 Å². The number of aromatic nitrogens is 2. The molecule has 0 atom stereocenters. The second-order valence-corrected chi connectivity index (χ2v) is 3.81. The highest BCUT2D eigenvalue weighted by Crippen LogP contribution is 2.15. The summed E-state index contributed by atoms with van der Waals surface area (Å²) in [6.07, 6.45) is 1.74. The molecule has 2 aromatic rings. The van der Waals surface area contributed by atoms with E-state index in [4.69, 9.17) is 0 Å². The van der Waals surface area contributed by atoms with Gasteiger partial charge in [-0.25, -0.2) is 4.98 Å². The van der Waals surface area contributed by atoms with Gasteiger partial charge in [0.1, 0.15) is 0 Å². The summed E-state index contributed by atoms with van der Waals surface area (Å²) in [5.41, 5.74) is 2.61. The van der Waals surface area contributed by atoms with E-state index < -0.39 is 0 Å². The van der Waals surface area contributed by atoms with Gasteiger partial charge in [0.15, 0.2) is 0 Å². The van der Waals surface area contributed by atoms with E-state index in [-0.39, 0.29) is 3.79 Å². The fourth-order valence-corrected chi connectivity index (χ4v) is 1.59. The lowest BCUT2D eigenvalue weighted by atomic mass is 10.2. The first-order valence-electron chi connectivity index (χ1n) is 3.79. The largest absolute Gasteiger partial charge is 0.334 e. The number of rotatable bonds is 1. The Balaban J connectivity index is 2.70. The molecule has 0 saturated carbocycles. The summed E-state index contributed by atoms with van der Waals surface area (Å²) >= 11 is 1.77. The van der Waals surface area contributed by atoms with E-state index in [1.54, 1.807) is 28.9 Å². The van der Waals surface area contributed by atoms with Crippen molar-refractivity contribution in [1.29, 1.82) is 0 Å². The molecule has 0 aliphatic heterocycles. The van der Waals surface area contributed by atoms with Gasteiger partial charge in [-0.15, -0.1) is 0 Å². The van der Waals surface area contributed by atoms with Crippen molar-refractivity contribution in [3.05, 3.63) is 30.1 Å². The van der Waals surface area contributed by atoms with Crippen molar-refractivity contribution in [1.82, 2.24) is 9.55 Å². The van der Waals surface area contributed by atoms with E-state index in [0.717, 1.165) is 11.0 Å². The van der Waals surface area contributed by atoms with Crippen molar-refractivity contribution in [2.24, 2.45) is 7.05 Å². The number of fused-ring (bicyclic) bond motifs is 1. The SMILES string of the molecule is Cn1cnc2cc(C(=O)I)ccc21. The predicted octanol–water partition coefficient (Wildman–Crippen LogP) is 2.15. The molecule has 0 N–H and O–H groups in total. The zero-order valence-electron chi connectivity index (χ0n) is 6.99. The first-order valence-corrected chi connectivity index (χ1v) is 4.87. The van der Waals surface area contributed by atoms with Crippen molar-refractivity contribution in [2.75, 3.05) is 0 Å². The molecule has 0 unspecified atom stereocenters. The average molecular weight is 286 g/mol. The summed E-state index contributed by atoms with van der Waals surface area (Å²) < 4.78 is 1.97. The van der Waals surface area contributed by atoms with Crippen molar-refractivity contribution >= 4 is 37.4 Å². The maximum absolute atomic E-state index is 11.0. The molecule has 13 heavy (non-hydrogen) atoms. The smallest absolute Gasteiger partial charge is 0.222 e. The number of benzene rings is 1. The van der Waals surface area contributed by atoms with Gasteiger partial charge in [-0.3, -0.25) is 4.79 Å². The summed E-state index contributed by atoms with van der Waals surface area (Å²) in [6, 6.07) is 5.54. The lowest BCUT2D eigenvalue weighted by molar-refractivity contribution is 0.110. The number of halogens is 1. The fourth-order valence-electron chi connectivity index (χ4n) is 1.26. The molecule has 0 aliphatic rings. The molecule has 0 radical (unpaired) electrons. The third-order valence-corrected chi connectivity index (χ3v) is 2.58. The van der Waals surface area contributed by atoms with Crippen molar-refractivity contribution in [2.45, 2.75) is 0 Å². The number of hydrogen-bond donors (Lipinski definition) is 0. The van der Waals surface area contributed by atoms with Crippen LogP contribution < -0.4 is 0 Å². The van der Waals surface area contributed by atoms with E-state index in [0.29, 0.717) is 5.56 Å². The number of carbonyl (C=O) groups excluding carboxylic acids is 1. The standard InChI is InChI=1S/C9H7IN2O/c1-12-5-11-7-4-6(9(10)13)2-3-8(7)12/h2-5H,1H3. The lowest BCUT2D eigenvalue weighted by Gasteiger charge is -1.95. The lowest BCUT2D eigenvalue weighted by Crippen LogP contribution is -1.88. The Bertz CT molecular complexity index is 475. The van der Waals surface area contributed by atoms with Gasteiger partial charge in [0, 0.05) is 35.2 Å². The maximum Gasteiger partial charge on any atom is 0.222 e. The van der Waals surface area contributed by atoms with E-state index in [2.05, 4.69) is 4.98 Å². The Morgan fingerprint density at radius 3 is 3.00 bits per heavy atom. The van der Waals surface area contributed by atoms with Gasteiger partial charge < -0.3 is 4.57 Å². The third-order valence-electron chi connectivity index (χ3n) is 1.95. The molecule has 0 spiro atoms. The monoisotopic (exact) mass is 286 g/mol. The van der Waals surface area contributed by atoms with Gasteiger partial charge in [0.05, 0.1) is 17.4 Å². The van der Waals surface area contributed by atoms with Crippen LogP contribution in [0.15, 0.2) is 24.5 Å². The Hall–Kier alpha value is -0.910. The summed E-state index contributed by atoms with van der Waals surface area (Å²) in [7, 11) is 1.93. The van der Waals surface area contributed by atoms with Gasteiger partial charge in [0.25, 0.3) is 0 Å². The van der Waals surface area contributed by atoms with Crippen LogP contribution in [0.25, 0.3) is 11.0 Å².